The van der Waals surface area contributed by atoms with Crippen LogP contribution in [0.5, 0.6) is 0 Å². The van der Waals surface area contributed by atoms with Crippen LogP contribution in [0.15, 0.2) is 32.6 Å². The van der Waals surface area contributed by atoms with E-state index in [1.807, 2.05) is 19.9 Å². The van der Waals surface area contributed by atoms with Gasteiger partial charge in [0.25, 0.3) is 0 Å². The number of aromatic nitrogens is 3. The lowest BCUT2D eigenvalue weighted by Gasteiger charge is -2.23. The molecule has 2 heterocycles. The van der Waals surface area contributed by atoms with E-state index in [9.17, 15) is 4.79 Å². The number of benzene rings is 1. The first-order chi connectivity index (χ1) is 14.4. The Morgan fingerprint density at radius 1 is 1.20 bits per heavy atom. The smallest absolute Gasteiger partial charge is 0.336 e. The van der Waals surface area contributed by atoms with Crippen LogP contribution in [0.4, 0.5) is 0 Å². The minimum atomic E-state index is -0.307. The van der Waals surface area contributed by atoms with Gasteiger partial charge in [0.2, 0.25) is 0 Å². The third-order valence-corrected chi connectivity index (χ3v) is 6.68. The molecule has 0 aliphatic rings. The van der Waals surface area contributed by atoms with Gasteiger partial charge in [-0.1, -0.05) is 44.2 Å². The highest BCUT2D eigenvalue weighted by atomic mass is 32.2. The van der Waals surface area contributed by atoms with E-state index in [-0.39, 0.29) is 11.7 Å². The van der Waals surface area contributed by atoms with Crippen molar-refractivity contribution in [3.05, 3.63) is 51.1 Å². The molecule has 162 valence electrons. The van der Waals surface area contributed by atoms with Gasteiger partial charge in [0.15, 0.2) is 11.0 Å². The van der Waals surface area contributed by atoms with E-state index in [1.165, 1.54) is 0 Å². The summed E-state index contributed by atoms with van der Waals surface area (Å²) in [5, 5.41) is 11.0. The predicted molar refractivity (Wildman–Crippen MR) is 123 cm³/mol. The Balaban J connectivity index is 1.95. The normalized spacial score (nSPS) is 12.8. The summed E-state index contributed by atoms with van der Waals surface area (Å²) in [5.74, 6) is 1.66. The first-order valence-electron chi connectivity index (χ1n) is 10.6. The first kappa shape index (κ1) is 22.6. The van der Waals surface area contributed by atoms with Gasteiger partial charge < -0.3 is 8.98 Å². The monoisotopic (exact) mass is 428 g/mol. The van der Waals surface area contributed by atoms with Gasteiger partial charge in [0.05, 0.1) is 6.04 Å². The molecule has 3 aromatic rings. The van der Waals surface area contributed by atoms with Gasteiger partial charge >= 0.3 is 5.63 Å². The minimum absolute atomic E-state index is 0.235. The molecule has 2 aromatic heterocycles. The zero-order valence-electron chi connectivity index (χ0n) is 18.9. The molecular weight excluding hydrogens is 396 g/mol. The number of unbranched alkanes of at least 4 members (excludes halogenated alkanes) is 1. The second-order valence-electron chi connectivity index (χ2n) is 8.00. The Hall–Kier alpha value is -2.12. The molecular formula is C23H32N4O2S. The number of aryl methyl sites for hydroxylation is 2. The summed E-state index contributed by atoms with van der Waals surface area (Å²) in [5.41, 5.74) is 3.49. The third kappa shape index (κ3) is 4.62. The molecule has 0 amide bonds. The number of nitrogens with zero attached hydrogens (tertiary/aromatic N) is 4. The fraction of sp³-hybridized carbons (Fsp3) is 0.522. The molecule has 0 saturated heterocycles. The fourth-order valence-electron chi connectivity index (χ4n) is 3.74. The molecule has 0 unspecified atom stereocenters. The lowest BCUT2D eigenvalue weighted by molar-refractivity contribution is 0.270. The van der Waals surface area contributed by atoms with Crippen LogP contribution >= 0.6 is 11.8 Å². The quantitative estimate of drug-likeness (QED) is 0.349. The van der Waals surface area contributed by atoms with E-state index in [2.05, 4.69) is 53.7 Å². The van der Waals surface area contributed by atoms with Crippen LogP contribution in [-0.2, 0) is 12.3 Å². The lowest BCUT2D eigenvalue weighted by Crippen LogP contribution is -2.23. The fourth-order valence-corrected chi connectivity index (χ4v) is 4.71. The second-order valence-corrected chi connectivity index (χ2v) is 8.94. The first-order valence-corrected chi connectivity index (χ1v) is 11.6. The highest BCUT2D eigenvalue weighted by Gasteiger charge is 2.22. The Bertz CT molecular complexity index is 1070. The zero-order valence-corrected chi connectivity index (χ0v) is 19.7. The number of fused-ring (bicyclic) bond motifs is 1. The van der Waals surface area contributed by atoms with Crippen LogP contribution in [0.1, 0.15) is 61.7 Å². The summed E-state index contributed by atoms with van der Waals surface area (Å²) in [6, 6.07) is 5.96. The summed E-state index contributed by atoms with van der Waals surface area (Å²) < 4.78 is 7.77. The van der Waals surface area contributed by atoms with Crippen LogP contribution in [-0.4, -0.2) is 33.8 Å². The maximum Gasteiger partial charge on any atom is 0.336 e. The van der Waals surface area contributed by atoms with Gasteiger partial charge in [-0.3, -0.25) is 4.90 Å². The van der Waals surface area contributed by atoms with E-state index in [1.54, 1.807) is 17.8 Å². The highest BCUT2D eigenvalue weighted by Crippen LogP contribution is 2.30. The maximum atomic E-state index is 12.2. The number of thioether (sulfide) groups is 1. The van der Waals surface area contributed by atoms with E-state index in [4.69, 9.17) is 4.42 Å². The van der Waals surface area contributed by atoms with Crippen molar-refractivity contribution in [3.63, 3.8) is 0 Å². The molecule has 0 spiro atoms. The van der Waals surface area contributed by atoms with Crippen molar-refractivity contribution < 1.29 is 4.42 Å². The molecule has 7 heteroatoms. The van der Waals surface area contributed by atoms with E-state index >= 15 is 0 Å². The standard InChI is InChI=1S/C23H32N4O2S/c1-7-9-12-27-22(19(8-2)26(5)6)24-25-23(27)30-14-17-13-20(28)29-21-16(4)15(3)10-11-18(17)21/h10-11,13,19H,7-9,12,14H2,1-6H3/t19-/m1/s1. The van der Waals surface area contributed by atoms with Crippen molar-refractivity contribution >= 4 is 22.7 Å². The molecule has 0 N–H and O–H groups in total. The van der Waals surface area contributed by atoms with Crippen molar-refractivity contribution in [2.24, 2.45) is 0 Å². The van der Waals surface area contributed by atoms with Gasteiger partial charge in [-0.05, 0) is 57.5 Å². The highest BCUT2D eigenvalue weighted by molar-refractivity contribution is 7.98. The Labute approximate surface area is 182 Å². The van der Waals surface area contributed by atoms with Crippen LogP contribution in [0, 0.1) is 13.8 Å². The van der Waals surface area contributed by atoms with Gasteiger partial charge in [-0.2, -0.15) is 0 Å². The summed E-state index contributed by atoms with van der Waals surface area (Å²) in [4.78, 5) is 14.4. The second kappa shape index (κ2) is 9.79. The molecule has 0 aliphatic heterocycles. The van der Waals surface area contributed by atoms with Crippen LogP contribution in [0.25, 0.3) is 11.0 Å². The molecule has 6 nitrogen and oxygen atoms in total. The molecule has 3 rings (SSSR count). The SMILES string of the molecule is CCCCn1c(SCc2cc(=O)oc3c(C)c(C)ccc23)nnc1[C@@H](CC)N(C)C. The molecule has 0 bridgehead atoms. The molecule has 0 fully saturated rings. The number of hydrogen-bond donors (Lipinski definition) is 0. The molecule has 30 heavy (non-hydrogen) atoms. The number of hydrogen-bond acceptors (Lipinski definition) is 6. The zero-order chi connectivity index (χ0) is 21.8. The van der Waals surface area contributed by atoms with E-state index < -0.39 is 0 Å². The predicted octanol–water partition coefficient (Wildman–Crippen LogP) is 5.11. The van der Waals surface area contributed by atoms with Crippen molar-refractivity contribution in [2.75, 3.05) is 14.1 Å². The van der Waals surface area contributed by atoms with E-state index in [0.717, 1.165) is 58.9 Å². The van der Waals surface area contributed by atoms with E-state index in [0.29, 0.717) is 11.3 Å². The van der Waals surface area contributed by atoms with Crippen molar-refractivity contribution in [1.29, 1.82) is 0 Å². The average Bonchev–Trinajstić information content (AvgIpc) is 3.10. The summed E-state index contributed by atoms with van der Waals surface area (Å²) in [6.07, 6.45) is 3.17. The van der Waals surface area contributed by atoms with Crippen LogP contribution < -0.4 is 5.63 Å². The lowest BCUT2D eigenvalue weighted by atomic mass is 10.0. The molecule has 1 aromatic carbocycles. The Kier molecular flexibility index (Phi) is 7.36. The van der Waals surface area contributed by atoms with Gasteiger partial charge in [-0.25, -0.2) is 4.79 Å². The minimum Gasteiger partial charge on any atom is -0.422 e. The molecule has 0 aliphatic carbocycles. The summed E-state index contributed by atoms with van der Waals surface area (Å²) in [7, 11) is 4.17. The topological polar surface area (TPSA) is 64.2 Å². The third-order valence-electron chi connectivity index (χ3n) is 5.66. The van der Waals surface area contributed by atoms with Gasteiger partial charge in [0, 0.05) is 23.8 Å². The van der Waals surface area contributed by atoms with Gasteiger partial charge in [0.1, 0.15) is 5.58 Å². The van der Waals surface area contributed by atoms with Crippen molar-refractivity contribution in [3.8, 4) is 0 Å². The molecule has 1 atom stereocenters. The summed E-state index contributed by atoms with van der Waals surface area (Å²) >= 11 is 1.63. The van der Waals surface area contributed by atoms with Gasteiger partial charge in [-0.15, -0.1) is 10.2 Å². The van der Waals surface area contributed by atoms with Crippen molar-refractivity contribution in [2.45, 2.75) is 70.5 Å². The molecule has 0 saturated carbocycles. The van der Waals surface area contributed by atoms with Crippen LogP contribution in [0.2, 0.25) is 0 Å². The molecule has 0 radical (unpaired) electrons. The Morgan fingerprint density at radius 2 is 1.97 bits per heavy atom. The number of rotatable bonds is 9. The Morgan fingerprint density at radius 3 is 2.63 bits per heavy atom. The van der Waals surface area contributed by atoms with Crippen molar-refractivity contribution in [1.82, 2.24) is 19.7 Å². The maximum absolute atomic E-state index is 12.2. The average molecular weight is 429 g/mol. The summed E-state index contributed by atoms with van der Waals surface area (Å²) in [6.45, 7) is 9.30. The van der Waals surface area contributed by atoms with Crippen LogP contribution in [0.3, 0.4) is 0 Å². The largest absolute Gasteiger partial charge is 0.422 e.